The molecule has 3 nitrogen and oxygen atoms in total. The lowest BCUT2D eigenvalue weighted by molar-refractivity contribution is 0.588. The highest BCUT2D eigenvalue weighted by atomic mass is 79.9. The minimum atomic E-state index is -0.232. The summed E-state index contributed by atoms with van der Waals surface area (Å²) in [6.45, 7) is 1.95. The number of aromatic nitrogens is 2. The van der Waals surface area contributed by atoms with Crippen molar-refractivity contribution in [1.29, 1.82) is 0 Å². The van der Waals surface area contributed by atoms with Gasteiger partial charge < -0.3 is 9.88 Å². The second kappa shape index (κ2) is 4.29. The molecule has 1 aliphatic heterocycles. The van der Waals surface area contributed by atoms with E-state index in [1.807, 2.05) is 0 Å². The molecule has 0 radical (unpaired) electrons. The lowest BCUT2D eigenvalue weighted by Gasteiger charge is -2.29. The summed E-state index contributed by atoms with van der Waals surface area (Å²) in [5.74, 6) is 0.611. The number of piperidine rings is 1. The van der Waals surface area contributed by atoms with E-state index in [4.69, 9.17) is 0 Å². The first-order valence-corrected chi connectivity index (χ1v) is 6.68. The molecule has 0 amide bonds. The zero-order valence-electron chi connectivity index (χ0n) is 9.29. The maximum absolute atomic E-state index is 13.1. The number of nitrogens with zero attached hydrogens (tertiary/aromatic N) is 2. The second-order valence-corrected chi connectivity index (χ2v) is 5.70. The molecule has 5 heteroatoms. The van der Waals surface area contributed by atoms with Crippen molar-refractivity contribution in [3.63, 3.8) is 0 Å². The Bertz CT molecular complexity index is 540. The van der Waals surface area contributed by atoms with E-state index in [1.165, 1.54) is 18.6 Å². The van der Waals surface area contributed by atoms with Crippen molar-refractivity contribution in [2.24, 2.45) is 0 Å². The third-order valence-corrected chi connectivity index (χ3v) is 3.84. The van der Waals surface area contributed by atoms with Gasteiger partial charge in [-0.2, -0.15) is 0 Å². The Morgan fingerprint density at radius 2 is 2.35 bits per heavy atom. The molecule has 0 bridgehead atoms. The minimum absolute atomic E-state index is 0.232. The largest absolute Gasteiger partial charge is 0.341 e. The van der Waals surface area contributed by atoms with E-state index in [0.29, 0.717) is 4.83 Å². The van der Waals surface area contributed by atoms with E-state index in [-0.39, 0.29) is 5.82 Å². The first kappa shape index (κ1) is 11.0. The average Bonchev–Trinajstić information content (AvgIpc) is 2.72. The van der Waals surface area contributed by atoms with Crippen LogP contribution in [-0.2, 0) is 0 Å². The number of anilines is 1. The molecule has 1 fully saturated rings. The van der Waals surface area contributed by atoms with E-state index < -0.39 is 0 Å². The summed E-state index contributed by atoms with van der Waals surface area (Å²) >= 11 is 3.64. The lowest BCUT2D eigenvalue weighted by Crippen LogP contribution is -2.36. The molecular weight excluding hydrogens is 285 g/mol. The van der Waals surface area contributed by atoms with Crippen LogP contribution >= 0.6 is 15.9 Å². The number of hydrogen-bond donors (Lipinski definition) is 1. The van der Waals surface area contributed by atoms with E-state index in [0.717, 1.165) is 36.5 Å². The van der Waals surface area contributed by atoms with Crippen LogP contribution in [0.3, 0.4) is 0 Å². The van der Waals surface area contributed by atoms with Gasteiger partial charge >= 0.3 is 0 Å². The van der Waals surface area contributed by atoms with Gasteiger partial charge in [0.05, 0.1) is 11.0 Å². The van der Waals surface area contributed by atoms with Crippen molar-refractivity contribution in [2.45, 2.75) is 17.7 Å². The summed E-state index contributed by atoms with van der Waals surface area (Å²) in [6.07, 6.45) is 2.35. The summed E-state index contributed by atoms with van der Waals surface area (Å²) in [7, 11) is 0. The molecule has 1 N–H and O–H groups in total. The molecule has 2 aromatic rings. The van der Waals surface area contributed by atoms with Crippen LogP contribution in [0.4, 0.5) is 10.3 Å². The summed E-state index contributed by atoms with van der Waals surface area (Å²) in [4.78, 5) is 10.4. The molecule has 0 aliphatic carbocycles. The van der Waals surface area contributed by atoms with Crippen molar-refractivity contribution in [2.75, 3.05) is 18.0 Å². The highest BCUT2D eigenvalue weighted by molar-refractivity contribution is 9.09. The number of fused-ring (bicyclic) bond motifs is 1. The normalized spacial score (nSPS) is 21.1. The van der Waals surface area contributed by atoms with Gasteiger partial charge in [-0.3, -0.25) is 0 Å². The Morgan fingerprint density at radius 1 is 1.47 bits per heavy atom. The number of alkyl halides is 1. The highest BCUT2D eigenvalue weighted by Gasteiger charge is 2.20. The first-order chi connectivity index (χ1) is 8.22. The van der Waals surface area contributed by atoms with Crippen LogP contribution in [0.25, 0.3) is 11.0 Å². The zero-order valence-corrected chi connectivity index (χ0v) is 10.9. The fraction of sp³-hybridized carbons (Fsp3) is 0.417. The van der Waals surface area contributed by atoms with Crippen LogP contribution in [0, 0.1) is 5.82 Å². The molecule has 1 unspecified atom stereocenters. The Morgan fingerprint density at radius 3 is 3.18 bits per heavy atom. The zero-order chi connectivity index (χ0) is 11.8. The van der Waals surface area contributed by atoms with Gasteiger partial charge in [0.1, 0.15) is 5.82 Å². The molecule has 90 valence electrons. The van der Waals surface area contributed by atoms with Gasteiger partial charge in [-0.25, -0.2) is 9.37 Å². The Hall–Kier alpha value is -1.10. The number of H-pyrrole nitrogens is 1. The monoisotopic (exact) mass is 297 g/mol. The minimum Gasteiger partial charge on any atom is -0.341 e. The first-order valence-electron chi connectivity index (χ1n) is 5.77. The summed E-state index contributed by atoms with van der Waals surface area (Å²) in [6, 6.07) is 4.64. The van der Waals surface area contributed by atoms with E-state index in [2.05, 4.69) is 30.8 Å². The van der Waals surface area contributed by atoms with Crippen molar-refractivity contribution < 1.29 is 4.39 Å². The Kier molecular flexibility index (Phi) is 2.78. The van der Waals surface area contributed by atoms with E-state index in [9.17, 15) is 4.39 Å². The smallest absolute Gasteiger partial charge is 0.203 e. The van der Waals surface area contributed by atoms with Crippen LogP contribution in [0.2, 0.25) is 0 Å². The molecular formula is C12H13BrFN3. The van der Waals surface area contributed by atoms with Crippen LogP contribution in [0.15, 0.2) is 18.2 Å². The molecule has 2 heterocycles. The molecule has 0 saturated carbocycles. The Labute approximate surface area is 107 Å². The molecule has 1 aliphatic rings. The van der Waals surface area contributed by atoms with Gasteiger partial charge in [0.2, 0.25) is 5.95 Å². The number of halogens is 2. The quantitative estimate of drug-likeness (QED) is 0.821. The van der Waals surface area contributed by atoms with Gasteiger partial charge in [0.15, 0.2) is 0 Å². The number of rotatable bonds is 1. The fourth-order valence-corrected chi connectivity index (χ4v) is 2.91. The molecule has 3 rings (SSSR count). The van der Waals surface area contributed by atoms with Crippen LogP contribution in [-0.4, -0.2) is 27.9 Å². The third kappa shape index (κ3) is 2.16. The molecule has 1 aromatic heterocycles. The van der Waals surface area contributed by atoms with Crippen LogP contribution < -0.4 is 4.90 Å². The second-order valence-electron chi connectivity index (χ2n) is 4.41. The summed E-state index contributed by atoms with van der Waals surface area (Å²) in [5, 5.41) is 0. The number of imidazole rings is 1. The molecule has 1 saturated heterocycles. The van der Waals surface area contributed by atoms with Gasteiger partial charge in [-0.1, -0.05) is 15.9 Å². The van der Waals surface area contributed by atoms with Crippen molar-refractivity contribution >= 4 is 32.9 Å². The predicted molar refractivity (Wildman–Crippen MR) is 70.2 cm³/mol. The molecule has 1 aromatic carbocycles. The van der Waals surface area contributed by atoms with E-state index in [1.54, 1.807) is 6.07 Å². The van der Waals surface area contributed by atoms with Crippen molar-refractivity contribution in [1.82, 2.24) is 9.97 Å². The number of aromatic amines is 1. The maximum Gasteiger partial charge on any atom is 0.203 e. The van der Waals surface area contributed by atoms with Gasteiger partial charge in [-0.15, -0.1) is 0 Å². The highest BCUT2D eigenvalue weighted by Crippen LogP contribution is 2.23. The Balaban J connectivity index is 1.94. The fourth-order valence-electron chi connectivity index (χ4n) is 2.24. The number of nitrogens with one attached hydrogen (secondary N) is 1. The topological polar surface area (TPSA) is 31.9 Å². The van der Waals surface area contributed by atoms with Gasteiger partial charge in [0.25, 0.3) is 0 Å². The number of hydrogen-bond acceptors (Lipinski definition) is 2. The van der Waals surface area contributed by atoms with Gasteiger partial charge in [0, 0.05) is 17.9 Å². The summed E-state index contributed by atoms with van der Waals surface area (Å²) < 4.78 is 13.1. The van der Waals surface area contributed by atoms with E-state index >= 15 is 0 Å². The van der Waals surface area contributed by atoms with Crippen LogP contribution in [0.1, 0.15) is 12.8 Å². The van der Waals surface area contributed by atoms with Gasteiger partial charge in [-0.05, 0) is 31.0 Å². The predicted octanol–water partition coefficient (Wildman–Crippen LogP) is 3.07. The van der Waals surface area contributed by atoms with Crippen molar-refractivity contribution in [3.8, 4) is 0 Å². The summed E-state index contributed by atoms with van der Waals surface area (Å²) in [5.41, 5.74) is 1.58. The average molecular weight is 298 g/mol. The molecule has 0 spiro atoms. The standard InChI is InChI=1S/C12H13BrFN3/c13-8-2-1-5-17(7-8)12-15-10-4-3-9(14)6-11(10)16-12/h3-4,6,8H,1-2,5,7H2,(H,15,16). The van der Waals surface area contributed by atoms with Crippen LogP contribution in [0.5, 0.6) is 0 Å². The number of benzene rings is 1. The SMILES string of the molecule is Fc1ccc2nc(N3CCCC(Br)C3)[nH]c2c1. The lowest BCUT2D eigenvalue weighted by atomic mass is 10.1. The maximum atomic E-state index is 13.1. The molecule has 17 heavy (non-hydrogen) atoms. The van der Waals surface area contributed by atoms with Crippen molar-refractivity contribution in [3.05, 3.63) is 24.0 Å². The third-order valence-electron chi connectivity index (χ3n) is 3.09. The molecule has 1 atom stereocenters.